The number of benzene rings is 1. The minimum atomic E-state index is 0.105. The summed E-state index contributed by atoms with van der Waals surface area (Å²) in [5, 5.41) is 0. The standard InChI is InChI=1S/C23H34N4O2/c1-24(2)22(29)27-10-8-23(9-11-27)17-18(19-6-4-5-7-20(19)23)16-21(28)26-14-12-25(3)13-15-26/h4-7,18H,8-17H2,1-3H3/t18-/m1/s1. The molecule has 2 heterocycles. The summed E-state index contributed by atoms with van der Waals surface area (Å²) >= 11 is 0. The Kier molecular flexibility index (Phi) is 5.56. The van der Waals surface area contributed by atoms with E-state index in [1.165, 1.54) is 11.1 Å². The number of likely N-dealkylation sites (tertiary alicyclic amines) is 1. The monoisotopic (exact) mass is 398 g/mol. The summed E-state index contributed by atoms with van der Waals surface area (Å²) < 4.78 is 0. The molecular weight excluding hydrogens is 364 g/mol. The molecule has 6 heteroatoms. The highest BCUT2D eigenvalue weighted by Gasteiger charge is 2.46. The van der Waals surface area contributed by atoms with E-state index in [1.807, 2.05) is 23.9 Å². The van der Waals surface area contributed by atoms with E-state index in [9.17, 15) is 9.59 Å². The lowest BCUT2D eigenvalue weighted by molar-refractivity contribution is -0.133. The van der Waals surface area contributed by atoms with Crippen LogP contribution < -0.4 is 0 Å². The van der Waals surface area contributed by atoms with Crippen LogP contribution in [-0.4, -0.2) is 91.9 Å². The second-order valence-electron chi connectivity index (χ2n) is 9.32. The Morgan fingerprint density at radius 1 is 1.00 bits per heavy atom. The highest BCUT2D eigenvalue weighted by atomic mass is 16.2. The molecule has 0 radical (unpaired) electrons. The third-order valence-corrected chi connectivity index (χ3v) is 7.26. The van der Waals surface area contributed by atoms with Crippen molar-refractivity contribution in [1.29, 1.82) is 0 Å². The number of hydrogen-bond donors (Lipinski definition) is 0. The number of rotatable bonds is 2. The average molecular weight is 399 g/mol. The molecular formula is C23H34N4O2. The van der Waals surface area contributed by atoms with Crippen molar-refractivity contribution in [3.8, 4) is 0 Å². The Labute approximate surface area is 174 Å². The van der Waals surface area contributed by atoms with Crippen LogP contribution in [0.3, 0.4) is 0 Å². The average Bonchev–Trinajstić information content (AvgIpc) is 3.02. The van der Waals surface area contributed by atoms with Gasteiger partial charge < -0.3 is 19.6 Å². The van der Waals surface area contributed by atoms with Crippen LogP contribution in [0, 0.1) is 0 Å². The lowest BCUT2D eigenvalue weighted by atomic mass is 9.73. The van der Waals surface area contributed by atoms with Crippen LogP contribution in [-0.2, 0) is 10.2 Å². The molecule has 0 aromatic heterocycles. The summed E-state index contributed by atoms with van der Waals surface area (Å²) in [6.45, 7) is 5.21. The lowest BCUT2D eigenvalue weighted by Crippen LogP contribution is -2.48. The first-order valence-electron chi connectivity index (χ1n) is 10.9. The van der Waals surface area contributed by atoms with E-state index >= 15 is 0 Å². The summed E-state index contributed by atoms with van der Waals surface area (Å²) in [7, 11) is 5.75. The van der Waals surface area contributed by atoms with E-state index in [4.69, 9.17) is 0 Å². The number of hydrogen-bond acceptors (Lipinski definition) is 3. The van der Waals surface area contributed by atoms with Gasteiger partial charge >= 0.3 is 6.03 Å². The van der Waals surface area contributed by atoms with Gasteiger partial charge in [-0.15, -0.1) is 0 Å². The predicted molar refractivity (Wildman–Crippen MR) is 114 cm³/mol. The SMILES string of the molecule is CN1CCN(C(=O)C[C@@H]2CC3(CCN(C(=O)N(C)C)CC3)c3ccccc32)CC1. The molecule has 3 aliphatic rings. The minimum Gasteiger partial charge on any atom is -0.340 e. The smallest absolute Gasteiger partial charge is 0.319 e. The summed E-state index contributed by atoms with van der Waals surface area (Å²) in [5.74, 6) is 0.602. The molecule has 2 fully saturated rings. The maximum atomic E-state index is 13.0. The molecule has 4 rings (SSSR count). The Bertz CT molecular complexity index is 762. The molecule has 1 aromatic carbocycles. The first kappa shape index (κ1) is 20.2. The molecule has 2 saturated heterocycles. The van der Waals surface area contributed by atoms with Crippen LogP contribution in [0.2, 0.25) is 0 Å². The number of piperidine rings is 1. The van der Waals surface area contributed by atoms with Gasteiger partial charge in [-0.3, -0.25) is 4.79 Å². The third-order valence-electron chi connectivity index (χ3n) is 7.26. The van der Waals surface area contributed by atoms with E-state index in [1.54, 1.807) is 4.90 Å². The Morgan fingerprint density at radius 3 is 2.31 bits per heavy atom. The van der Waals surface area contributed by atoms with Crippen molar-refractivity contribution in [2.24, 2.45) is 0 Å². The van der Waals surface area contributed by atoms with E-state index < -0.39 is 0 Å². The van der Waals surface area contributed by atoms with Crippen LogP contribution in [0.5, 0.6) is 0 Å². The fourth-order valence-corrected chi connectivity index (χ4v) is 5.49. The first-order valence-corrected chi connectivity index (χ1v) is 10.9. The molecule has 1 atom stereocenters. The van der Waals surface area contributed by atoms with Crippen LogP contribution in [0.1, 0.15) is 42.7 Å². The van der Waals surface area contributed by atoms with Crippen molar-refractivity contribution in [3.05, 3.63) is 35.4 Å². The molecule has 0 N–H and O–H groups in total. The summed E-state index contributed by atoms with van der Waals surface area (Å²) in [6, 6.07) is 8.83. The number of likely N-dealkylation sites (N-methyl/N-ethyl adjacent to an activating group) is 1. The van der Waals surface area contributed by atoms with Crippen LogP contribution in [0.25, 0.3) is 0 Å². The van der Waals surface area contributed by atoms with E-state index in [0.717, 1.165) is 58.5 Å². The highest BCUT2D eigenvalue weighted by Crippen LogP contribution is 2.52. The Balaban J connectivity index is 1.47. The first-order chi connectivity index (χ1) is 13.9. The van der Waals surface area contributed by atoms with Gasteiger partial charge in [0.1, 0.15) is 0 Å². The number of fused-ring (bicyclic) bond motifs is 2. The molecule has 0 bridgehead atoms. The van der Waals surface area contributed by atoms with Crippen LogP contribution >= 0.6 is 0 Å². The lowest BCUT2D eigenvalue weighted by Gasteiger charge is -2.41. The van der Waals surface area contributed by atoms with Crippen molar-refractivity contribution in [2.75, 3.05) is 60.4 Å². The van der Waals surface area contributed by atoms with E-state index in [-0.39, 0.29) is 11.4 Å². The predicted octanol–water partition coefficient (Wildman–Crippen LogP) is 2.35. The van der Waals surface area contributed by atoms with Gasteiger partial charge in [0.25, 0.3) is 0 Å². The van der Waals surface area contributed by atoms with Crippen molar-refractivity contribution in [3.63, 3.8) is 0 Å². The van der Waals surface area contributed by atoms with Gasteiger partial charge in [-0.1, -0.05) is 24.3 Å². The van der Waals surface area contributed by atoms with Crippen LogP contribution in [0.4, 0.5) is 4.79 Å². The summed E-state index contributed by atoms with van der Waals surface area (Å²) in [4.78, 5) is 33.3. The normalized spacial score (nSPS) is 23.9. The zero-order chi connectivity index (χ0) is 20.6. The molecule has 1 aliphatic carbocycles. The second-order valence-corrected chi connectivity index (χ2v) is 9.32. The van der Waals surface area contributed by atoms with Crippen LogP contribution in [0.15, 0.2) is 24.3 Å². The molecule has 29 heavy (non-hydrogen) atoms. The van der Waals surface area contributed by atoms with Gasteiger partial charge in [0, 0.05) is 59.8 Å². The number of piperazine rings is 1. The summed E-state index contributed by atoms with van der Waals surface area (Å²) in [5.41, 5.74) is 2.91. The van der Waals surface area contributed by atoms with Crippen molar-refractivity contribution in [2.45, 2.75) is 37.0 Å². The Morgan fingerprint density at radius 2 is 1.66 bits per heavy atom. The molecule has 2 aliphatic heterocycles. The maximum absolute atomic E-state index is 13.0. The van der Waals surface area contributed by atoms with Gasteiger partial charge in [-0.2, -0.15) is 0 Å². The fraction of sp³-hybridized carbons (Fsp3) is 0.652. The van der Waals surface area contributed by atoms with Gasteiger partial charge in [0.05, 0.1) is 0 Å². The quantitative estimate of drug-likeness (QED) is 0.768. The van der Waals surface area contributed by atoms with Gasteiger partial charge in [-0.25, -0.2) is 4.79 Å². The molecule has 3 amide bonds. The second kappa shape index (κ2) is 7.98. The highest BCUT2D eigenvalue weighted by molar-refractivity contribution is 5.78. The minimum absolute atomic E-state index is 0.105. The van der Waals surface area contributed by atoms with Crippen molar-refractivity contribution >= 4 is 11.9 Å². The Hall–Kier alpha value is -2.08. The molecule has 0 saturated carbocycles. The van der Waals surface area contributed by atoms with E-state index in [0.29, 0.717) is 18.2 Å². The zero-order valence-corrected chi connectivity index (χ0v) is 18.1. The number of amides is 3. The number of carbonyl (C=O) groups excluding carboxylic acids is 2. The topological polar surface area (TPSA) is 47.1 Å². The van der Waals surface area contributed by atoms with Crippen molar-refractivity contribution < 1.29 is 9.59 Å². The van der Waals surface area contributed by atoms with Gasteiger partial charge in [0.2, 0.25) is 5.91 Å². The fourth-order valence-electron chi connectivity index (χ4n) is 5.49. The third kappa shape index (κ3) is 3.87. The summed E-state index contributed by atoms with van der Waals surface area (Å²) in [6.07, 6.45) is 3.63. The van der Waals surface area contributed by atoms with Crippen molar-refractivity contribution in [1.82, 2.24) is 19.6 Å². The molecule has 1 spiro atoms. The molecule has 0 unspecified atom stereocenters. The largest absolute Gasteiger partial charge is 0.340 e. The van der Waals surface area contributed by atoms with Gasteiger partial charge in [0.15, 0.2) is 0 Å². The zero-order valence-electron chi connectivity index (χ0n) is 18.1. The van der Waals surface area contributed by atoms with Gasteiger partial charge in [-0.05, 0) is 48.8 Å². The number of urea groups is 1. The number of nitrogens with zero attached hydrogens (tertiary/aromatic N) is 4. The maximum Gasteiger partial charge on any atom is 0.319 e. The molecule has 1 aromatic rings. The number of carbonyl (C=O) groups is 2. The molecule has 158 valence electrons. The molecule has 6 nitrogen and oxygen atoms in total. The van der Waals surface area contributed by atoms with E-state index in [2.05, 4.69) is 36.2 Å².